The first-order valence-electron chi connectivity index (χ1n) is 6.92. The molecule has 2 N–H and O–H groups in total. The van der Waals surface area contributed by atoms with E-state index in [-0.39, 0.29) is 12.1 Å². The molecule has 1 atom stereocenters. The number of halogens is 2. The van der Waals surface area contributed by atoms with Gasteiger partial charge in [-0.1, -0.05) is 18.2 Å². The third-order valence-electron chi connectivity index (χ3n) is 3.06. The number of rotatable bonds is 5. The lowest BCUT2D eigenvalue weighted by Crippen LogP contribution is -2.16. The standard InChI is InChI=1S/C17H19F2NO/c1-11(2)21-17-6-4-3-5-15(17)16(20)9-12-7-13(18)10-14(19)8-12/h3-8,10-11,16H,9,20H2,1-2H3. The zero-order valence-corrected chi connectivity index (χ0v) is 12.1. The highest BCUT2D eigenvalue weighted by Crippen LogP contribution is 2.27. The van der Waals surface area contributed by atoms with Gasteiger partial charge in [0.25, 0.3) is 0 Å². The predicted octanol–water partition coefficient (Wildman–Crippen LogP) is 3.99. The van der Waals surface area contributed by atoms with Gasteiger partial charge in [-0.05, 0) is 44.0 Å². The normalized spacial score (nSPS) is 12.5. The highest BCUT2D eigenvalue weighted by molar-refractivity contribution is 5.37. The first-order chi connectivity index (χ1) is 9.95. The molecule has 0 aromatic heterocycles. The van der Waals surface area contributed by atoms with Crippen LogP contribution in [0, 0.1) is 11.6 Å². The van der Waals surface area contributed by atoms with Crippen LogP contribution >= 0.6 is 0 Å². The molecular formula is C17H19F2NO. The summed E-state index contributed by atoms with van der Waals surface area (Å²) in [7, 11) is 0. The molecule has 0 fully saturated rings. The molecule has 2 aromatic carbocycles. The van der Waals surface area contributed by atoms with Gasteiger partial charge in [0, 0.05) is 17.7 Å². The number of benzene rings is 2. The van der Waals surface area contributed by atoms with E-state index < -0.39 is 11.6 Å². The van der Waals surface area contributed by atoms with E-state index in [1.807, 2.05) is 38.1 Å². The Bertz CT molecular complexity index is 593. The van der Waals surface area contributed by atoms with Gasteiger partial charge in [0.2, 0.25) is 0 Å². The average molecular weight is 291 g/mol. The molecule has 0 saturated heterocycles. The molecule has 4 heteroatoms. The lowest BCUT2D eigenvalue weighted by atomic mass is 9.98. The van der Waals surface area contributed by atoms with Gasteiger partial charge in [0.15, 0.2) is 0 Å². The molecule has 2 aromatic rings. The molecule has 0 amide bonds. The van der Waals surface area contributed by atoms with Crippen LogP contribution in [0.2, 0.25) is 0 Å². The van der Waals surface area contributed by atoms with Crippen LogP contribution in [0.1, 0.15) is 31.0 Å². The van der Waals surface area contributed by atoms with Crippen LogP contribution in [0.5, 0.6) is 5.75 Å². The maximum atomic E-state index is 13.2. The Morgan fingerprint density at radius 1 is 1.05 bits per heavy atom. The maximum Gasteiger partial charge on any atom is 0.126 e. The summed E-state index contributed by atoms with van der Waals surface area (Å²) in [6.45, 7) is 3.87. The molecule has 0 saturated carbocycles. The summed E-state index contributed by atoms with van der Waals surface area (Å²) < 4.78 is 32.2. The molecule has 0 bridgehead atoms. The van der Waals surface area contributed by atoms with Gasteiger partial charge in [-0.3, -0.25) is 0 Å². The summed E-state index contributed by atoms with van der Waals surface area (Å²) in [5.74, 6) is -0.482. The molecule has 21 heavy (non-hydrogen) atoms. The van der Waals surface area contributed by atoms with Crippen molar-refractivity contribution < 1.29 is 13.5 Å². The lowest BCUT2D eigenvalue weighted by molar-refractivity contribution is 0.238. The Hall–Kier alpha value is -1.94. The van der Waals surface area contributed by atoms with E-state index in [1.165, 1.54) is 12.1 Å². The minimum absolute atomic E-state index is 0.0324. The number of para-hydroxylation sites is 1. The van der Waals surface area contributed by atoms with Gasteiger partial charge in [-0.2, -0.15) is 0 Å². The van der Waals surface area contributed by atoms with Crippen LogP contribution in [0.3, 0.4) is 0 Å². The summed E-state index contributed by atoms with van der Waals surface area (Å²) >= 11 is 0. The molecule has 0 spiro atoms. The molecular weight excluding hydrogens is 272 g/mol. The molecule has 2 nitrogen and oxygen atoms in total. The van der Waals surface area contributed by atoms with Gasteiger partial charge in [-0.25, -0.2) is 8.78 Å². The minimum Gasteiger partial charge on any atom is -0.491 e. The monoisotopic (exact) mass is 291 g/mol. The van der Waals surface area contributed by atoms with E-state index in [2.05, 4.69) is 0 Å². The molecule has 2 rings (SSSR count). The quantitative estimate of drug-likeness (QED) is 0.904. The molecule has 0 radical (unpaired) electrons. The van der Waals surface area contributed by atoms with Gasteiger partial charge in [0.05, 0.1) is 6.10 Å². The zero-order valence-electron chi connectivity index (χ0n) is 12.1. The summed E-state index contributed by atoms with van der Waals surface area (Å²) in [6.07, 6.45) is 0.373. The Balaban J connectivity index is 2.22. The van der Waals surface area contributed by atoms with Crippen LogP contribution < -0.4 is 10.5 Å². The van der Waals surface area contributed by atoms with Gasteiger partial charge in [-0.15, -0.1) is 0 Å². The van der Waals surface area contributed by atoms with Crippen LogP contribution in [0.15, 0.2) is 42.5 Å². The second kappa shape index (κ2) is 6.68. The van der Waals surface area contributed by atoms with Gasteiger partial charge in [0.1, 0.15) is 17.4 Å². The first kappa shape index (κ1) is 15.4. The SMILES string of the molecule is CC(C)Oc1ccccc1C(N)Cc1cc(F)cc(F)c1. The number of nitrogens with two attached hydrogens (primary N) is 1. The second-order valence-corrected chi connectivity index (χ2v) is 5.29. The predicted molar refractivity (Wildman–Crippen MR) is 79.2 cm³/mol. The second-order valence-electron chi connectivity index (χ2n) is 5.29. The van der Waals surface area contributed by atoms with E-state index in [0.29, 0.717) is 17.7 Å². The van der Waals surface area contributed by atoms with E-state index in [1.54, 1.807) is 0 Å². The average Bonchev–Trinajstić information content (AvgIpc) is 2.37. The van der Waals surface area contributed by atoms with Gasteiger partial charge >= 0.3 is 0 Å². The van der Waals surface area contributed by atoms with Crippen molar-refractivity contribution in [1.82, 2.24) is 0 Å². The van der Waals surface area contributed by atoms with E-state index >= 15 is 0 Å². The molecule has 0 aliphatic carbocycles. The van der Waals surface area contributed by atoms with Crippen molar-refractivity contribution in [3.8, 4) is 5.75 Å². The summed E-state index contributed by atoms with van der Waals surface area (Å²) in [5, 5.41) is 0. The minimum atomic E-state index is -0.594. The van der Waals surface area contributed by atoms with Crippen molar-refractivity contribution in [2.24, 2.45) is 5.73 Å². The Labute approximate surface area is 123 Å². The Morgan fingerprint density at radius 2 is 1.67 bits per heavy atom. The summed E-state index contributed by atoms with van der Waals surface area (Å²) in [4.78, 5) is 0. The van der Waals surface area contributed by atoms with Crippen LogP contribution in [0.4, 0.5) is 8.78 Å². The van der Waals surface area contributed by atoms with E-state index in [9.17, 15) is 8.78 Å². The molecule has 0 heterocycles. The van der Waals surface area contributed by atoms with Crippen molar-refractivity contribution in [2.45, 2.75) is 32.4 Å². The molecule has 0 aliphatic rings. The van der Waals surface area contributed by atoms with Crippen molar-refractivity contribution >= 4 is 0 Å². The van der Waals surface area contributed by atoms with Crippen LogP contribution in [-0.4, -0.2) is 6.10 Å². The van der Waals surface area contributed by atoms with Crippen LogP contribution in [-0.2, 0) is 6.42 Å². The number of ether oxygens (including phenoxy) is 1. The fourth-order valence-electron chi connectivity index (χ4n) is 2.24. The topological polar surface area (TPSA) is 35.2 Å². The number of hydrogen-bond acceptors (Lipinski definition) is 2. The highest BCUT2D eigenvalue weighted by Gasteiger charge is 2.14. The third kappa shape index (κ3) is 4.26. The number of hydrogen-bond donors (Lipinski definition) is 1. The van der Waals surface area contributed by atoms with Crippen molar-refractivity contribution in [3.63, 3.8) is 0 Å². The molecule has 112 valence electrons. The van der Waals surface area contributed by atoms with E-state index in [4.69, 9.17) is 10.5 Å². The van der Waals surface area contributed by atoms with Crippen molar-refractivity contribution in [2.75, 3.05) is 0 Å². The van der Waals surface area contributed by atoms with E-state index in [0.717, 1.165) is 11.6 Å². The summed E-state index contributed by atoms with van der Waals surface area (Å²) in [5.41, 5.74) is 7.54. The lowest BCUT2D eigenvalue weighted by Gasteiger charge is -2.19. The first-order valence-corrected chi connectivity index (χ1v) is 6.92. The van der Waals surface area contributed by atoms with Gasteiger partial charge < -0.3 is 10.5 Å². The van der Waals surface area contributed by atoms with Crippen LogP contribution in [0.25, 0.3) is 0 Å². The third-order valence-corrected chi connectivity index (χ3v) is 3.06. The largest absolute Gasteiger partial charge is 0.491 e. The summed E-state index contributed by atoms with van der Waals surface area (Å²) in [6, 6.07) is 10.5. The smallest absolute Gasteiger partial charge is 0.126 e. The maximum absolute atomic E-state index is 13.2. The fraction of sp³-hybridized carbons (Fsp3) is 0.294. The Kier molecular flexibility index (Phi) is 4.91. The molecule has 0 aliphatic heterocycles. The Morgan fingerprint density at radius 3 is 2.29 bits per heavy atom. The zero-order chi connectivity index (χ0) is 15.4. The molecule has 1 unspecified atom stereocenters. The van der Waals surface area contributed by atoms with Crippen molar-refractivity contribution in [3.05, 3.63) is 65.2 Å². The highest BCUT2D eigenvalue weighted by atomic mass is 19.1. The fourth-order valence-corrected chi connectivity index (χ4v) is 2.24. The van der Waals surface area contributed by atoms with Crippen molar-refractivity contribution in [1.29, 1.82) is 0 Å².